The van der Waals surface area contributed by atoms with E-state index in [1.807, 2.05) is 12.1 Å². The average Bonchev–Trinajstić information content (AvgIpc) is 2.41. The summed E-state index contributed by atoms with van der Waals surface area (Å²) in [5, 5.41) is 10.1. The smallest absolute Gasteiger partial charge is 0.0636 e. The van der Waals surface area contributed by atoms with Gasteiger partial charge in [-0.3, -0.25) is 0 Å². The molecule has 0 aliphatic carbocycles. The molecule has 0 bridgehead atoms. The van der Waals surface area contributed by atoms with Gasteiger partial charge in [-0.05, 0) is 30.5 Å². The molecule has 19 heavy (non-hydrogen) atoms. The summed E-state index contributed by atoms with van der Waals surface area (Å²) in [6.07, 6.45) is 5.72. The van der Waals surface area contributed by atoms with Crippen LogP contribution in [-0.2, 0) is 0 Å². The van der Waals surface area contributed by atoms with E-state index in [9.17, 15) is 5.11 Å². The van der Waals surface area contributed by atoms with Gasteiger partial charge >= 0.3 is 0 Å². The third-order valence-corrected chi connectivity index (χ3v) is 5.02. The van der Waals surface area contributed by atoms with Gasteiger partial charge in [0.1, 0.15) is 0 Å². The maximum absolute atomic E-state index is 10.1. The normalized spacial score (nSPS) is 14.3. The van der Waals surface area contributed by atoms with Gasteiger partial charge in [-0.1, -0.05) is 61.5 Å². The molecule has 1 rings (SSSR count). The van der Waals surface area contributed by atoms with Crippen LogP contribution in [0.4, 0.5) is 0 Å². The summed E-state index contributed by atoms with van der Waals surface area (Å²) >= 11 is 5.21. The molecular weight excluding hydrogens is 320 g/mol. The van der Waals surface area contributed by atoms with Crippen molar-refractivity contribution in [3.63, 3.8) is 0 Å². The predicted octanol–water partition coefficient (Wildman–Crippen LogP) is 5.51. The maximum atomic E-state index is 10.1. The Morgan fingerprint density at radius 1 is 1.32 bits per heavy atom. The summed E-state index contributed by atoms with van der Waals surface area (Å²) in [4.78, 5) is 1.22. The number of aliphatic hydroxyl groups excluding tert-OH is 1. The Morgan fingerprint density at radius 2 is 2.11 bits per heavy atom. The van der Waals surface area contributed by atoms with Crippen LogP contribution in [0.5, 0.6) is 0 Å². The summed E-state index contributed by atoms with van der Waals surface area (Å²) in [6.45, 7) is 4.46. The number of hydrogen-bond donors (Lipinski definition) is 1. The second-order valence-electron chi connectivity index (χ2n) is 5.07. The van der Waals surface area contributed by atoms with Gasteiger partial charge in [-0.15, -0.1) is 11.8 Å². The van der Waals surface area contributed by atoms with Gasteiger partial charge in [0.05, 0.1) is 6.10 Å². The third-order valence-electron chi connectivity index (χ3n) is 3.39. The van der Waals surface area contributed by atoms with Crippen LogP contribution in [-0.4, -0.2) is 17.0 Å². The minimum Gasteiger partial charge on any atom is -0.392 e. The molecule has 0 amide bonds. The van der Waals surface area contributed by atoms with Crippen LogP contribution >= 0.6 is 27.7 Å². The summed E-state index contributed by atoms with van der Waals surface area (Å²) in [6, 6.07) is 8.26. The summed E-state index contributed by atoms with van der Waals surface area (Å²) in [5.74, 6) is 1.47. The highest BCUT2D eigenvalue weighted by atomic mass is 79.9. The second kappa shape index (κ2) is 9.84. The Kier molecular flexibility index (Phi) is 8.84. The lowest BCUT2D eigenvalue weighted by Crippen LogP contribution is -2.15. The van der Waals surface area contributed by atoms with Crippen molar-refractivity contribution in [2.45, 2.75) is 57.0 Å². The van der Waals surface area contributed by atoms with E-state index in [-0.39, 0.29) is 6.10 Å². The number of rotatable bonds is 9. The minimum atomic E-state index is -0.189. The molecule has 1 aromatic rings. The van der Waals surface area contributed by atoms with E-state index >= 15 is 0 Å². The molecule has 1 N–H and O–H groups in total. The lowest BCUT2D eigenvalue weighted by atomic mass is 9.94. The molecule has 0 aliphatic rings. The van der Waals surface area contributed by atoms with Gasteiger partial charge in [0, 0.05) is 15.1 Å². The lowest BCUT2D eigenvalue weighted by molar-refractivity contribution is 0.159. The Bertz CT molecular complexity index is 356. The molecule has 2 atom stereocenters. The summed E-state index contributed by atoms with van der Waals surface area (Å²) in [5.41, 5.74) is 0. The van der Waals surface area contributed by atoms with Crippen LogP contribution in [0.15, 0.2) is 33.6 Å². The number of unbranched alkanes of at least 4 members (excludes halogenated alkanes) is 1. The molecule has 0 radical (unpaired) electrons. The number of aliphatic hydroxyl groups is 1. The first-order chi connectivity index (χ1) is 9.15. The maximum Gasteiger partial charge on any atom is 0.0636 e. The second-order valence-corrected chi connectivity index (χ2v) is 7.08. The van der Waals surface area contributed by atoms with E-state index in [4.69, 9.17) is 0 Å². The van der Waals surface area contributed by atoms with Crippen molar-refractivity contribution in [3.05, 3.63) is 28.7 Å². The zero-order chi connectivity index (χ0) is 14.1. The van der Waals surface area contributed by atoms with Crippen molar-refractivity contribution in [3.8, 4) is 0 Å². The fraction of sp³-hybridized carbons (Fsp3) is 0.625. The predicted molar refractivity (Wildman–Crippen MR) is 88.8 cm³/mol. The first-order valence-corrected chi connectivity index (χ1v) is 9.00. The van der Waals surface area contributed by atoms with E-state index in [1.165, 1.54) is 30.6 Å². The molecule has 0 saturated heterocycles. The number of benzene rings is 1. The molecule has 1 aromatic carbocycles. The molecule has 3 heteroatoms. The van der Waals surface area contributed by atoms with Gasteiger partial charge < -0.3 is 5.11 Å². The molecule has 0 spiro atoms. The summed E-state index contributed by atoms with van der Waals surface area (Å²) in [7, 11) is 0. The fourth-order valence-electron chi connectivity index (χ4n) is 2.18. The Morgan fingerprint density at radius 3 is 2.74 bits per heavy atom. The highest BCUT2D eigenvalue weighted by molar-refractivity contribution is 9.10. The average molecular weight is 345 g/mol. The van der Waals surface area contributed by atoms with Crippen LogP contribution < -0.4 is 0 Å². The Balaban J connectivity index is 2.32. The van der Waals surface area contributed by atoms with Crippen molar-refractivity contribution < 1.29 is 5.11 Å². The lowest BCUT2D eigenvalue weighted by Gasteiger charge is -2.18. The molecular formula is C16H25BrOS. The number of thioether (sulfide) groups is 1. The SMILES string of the molecule is CCCCC(CC)CC(O)CSc1cccc(Br)c1. The van der Waals surface area contributed by atoms with E-state index in [1.54, 1.807) is 11.8 Å². The zero-order valence-corrected chi connectivity index (χ0v) is 14.3. The van der Waals surface area contributed by atoms with Crippen molar-refractivity contribution in [2.75, 3.05) is 5.75 Å². The van der Waals surface area contributed by atoms with Gasteiger partial charge in [0.2, 0.25) is 0 Å². The van der Waals surface area contributed by atoms with Crippen molar-refractivity contribution >= 4 is 27.7 Å². The third kappa shape index (κ3) is 7.38. The number of halogens is 1. The Hall–Kier alpha value is 0.01000. The highest BCUT2D eigenvalue weighted by Gasteiger charge is 2.13. The first kappa shape index (κ1) is 17.1. The van der Waals surface area contributed by atoms with Gasteiger partial charge in [0.15, 0.2) is 0 Å². The molecule has 108 valence electrons. The minimum absolute atomic E-state index is 0.189. The van der Waals surface area contributed by atoms with Crippen LogP contribution in [0.3, 0.4) is 0 Å². The van der Waals surface area contributed by atoms with E-state index in [2.05, 4.69) is 41.9 Å². The molecule has 0 aromatic heterocycles. The van der Waals surface area contributed by atoms with Gasteiger partial charge in [-0.2, -0.15) is 0 Å². The quantitative estimate of drug-likeness (QED) is 0.596. The Labute approximate surface area is 130 Å². The standard InChI is InChI=1S/C16H25BrOS/c1-3-5-7-13(4-2)10-15(18)12-19-16-9-6-8-14(17)11-16/h6,8-9,11,13,15,18H,3-5,7,10,12H2,1-2H3. The fourth-order valence-corrected chi connectivity index (χ4v) is 3.64. The largest absolute Gasteiger partial charge is 0.392 e. The van der Waals surface area contributed by atoms with Crippen LogP contribution in [0.2, 0.25) is 0 Å². The molecule has 2 unspecified atom stereocenters. The van der Waals surface area contributed by atoms with E-state index in [0.29, 0.717) is 5.92 Å². The van der Waals surface area contributed by atoms with E-state index < -0.39 is 0 Å². The molecule has 0 heterocycles. The highest BCUT2D eigenvalue weighted by Crippen LogP contribution is 2.25. The van der Waals surface area contributed by atoms with Crippen LogP contribution in [0, 0.1) is 5.92 Å². The topological polar surface area (TPSA) is 20.2 Å². The van der Waals surface area contributed by atoms with Crippen LogP contribution in [0.1, 0.15) is 46.0 Å². The van der Waals surface area contributed by atoms with Gasteiger partial charge in [-0.25, -0.2) is 0 Å². The molecule has 0 aliphatic heterocycles. The molecule has 1 nitrogen and oxygen atoms in total. The van der Waals surface area contributed by atoms with Crippen molar-refractivity contribution in [2.24, 2.45) is 5.92 Å². The molecule has 0 saturated carbocycles. The number of hydrogen-bond acceptors (Lipinski definition) is 2. The van der Waals surface area contributed by atoms with Crippen molar-refractivity contribution in [1.82, 2.24) is 0 Å². The summed E-state index contributed by atoms with van der Waals surface area (Å²) < 4.78 is 1.10. The monoisotopic (exact) mass is 344 g/mol. The van der Waals surface area contributed by atoms with Gasteiger partial charge in [0.25, 0.3) is 0 Å². The zero-order valence-electron chi connectivity index (χ0n) is 11.9. The molecule has 0 fully saturated rings. The van der Waals surface area contributed by atoms with Crippen LogP contribution in [0.25, 0.3) is 0 Å². The van der Waals surface area contributed by atoms with Crippen molar-refractivity contribution in [1.29, 1.82) is 0 Å². The van der Waals surface area contributed by atoms with E-state index in [0.717, 1.165) is 16.6 Å². The first-order valence-electron chi connectivity index (χ1n) is 7.22.